The molecule has 1 aromatic rings. The quantitative estimate of drug-likeness (QED) is 0.845. The van der Waals surface area contributed by atoms with Crippen molar-refractivity contribution < 1.29 is 23.8 Å². The molecule has 0 aromatic heterocycles. The minimum Gasteiger partial charge on any atom is -0.508 e. The molecule has 2 N–H and O–H groups in total. The molecule has 16 heavy (non-hydrogen) atoms. The van der Waals surface area contributed by atoms with Gasteiger partial charge in [-0.2, -0.15) is 0 Å². The third kappa shape index (κ3) is 1.28. The second-order valence-corrected chi connectivity index (χ2v) is 4.16. The predicted octanol–water partition coefficient (Wildman–Crippen LogP) is 2.41. The molecule has 1 aliphatic carbocycles. The van der Waals surface area contributed by atoms with Crippen molar-refractivity contribution in [1.82, 2.24) is 0 Å². The van der Waals surface area contributed by atoms with Gasteiger partial charge in [-0.1, -0.05) is 17.7 Å². The first-order chi connectivity index (χ1) is 7.31. The molecule has 0 heterocycles. The van der Waals surface area contributed by atoms with Gasteiger partial charge in [0.15, 0.2) is 5.41 Å². The standard InChI is InChI=1S/C10H7ClF2O3/c11-7-3-5(14)1-2-6(7)9(8(15)16)4-10(9,12)13/h1-3,14H,4H2,(H,15,16). The number of carboxylic acids is 1. The summed E-state index contributed by atoms with van der Waals surface area (Å²) in [5.41, 5.74) is -2.40. The number of benzene rings is 1. The summed E-state index contributed by atoms with van der Waals surface area (Å²) in [6, 6.07) is 3.31. The number of hydrogen-bond donors (Lipinski definition) is 2. The number of carboxylic acid groups (broad SMARTS) is 1. The molecule has 0 spiro atoms. The lowest BCUT2D eigenvalue weighted by molar-refractivity contribution is -0.142. The first-order valence-corrected chi connectivity index (χ1v) is 4.79. The van der Waals surface area contributed by atoms with E-state index in [1.165, 1.54) is 0 Å². The molecular weight excluding hydrogens is 242 g/mol. The van der Waals surface area contributed by atoms with Gasteiger partial charge in [0.1, 0.15) is 5.75 Å². The van der Waals surface area contributed by atoms with Gasteiger partial charge < -0.3 is 10.2 Å². The summed E-state index contributed by atoms with van der Waals surface area (Å²) in [5.74, 6) is -5.09. The minimum absolute atomic E-state index is 0.163. The summed E-state index contributed by atoms with van der Waals surface area (Å²) >= 11 is 5.67. The smallest absolute Gasteiger partial charge is 0.320 e. The zero-order valence-corrected chi connectivity index (χ0v) is 8.63. The monoisotopic (exact) mass is 248 g/mol. The second-order valence-electron chi connectivity index (χ2n) is 3.76. The van der Waals surface area contributed by atoms with Crippen LogP contribution < -0.4 is 0 Å². The third-order valence-corrected chi connectivity index (χ3v) is 3.08. The van der Waals surface area contributed by atoms with Crippen molar-refractivity contribution in [2.75, 3.05) is 0 Å². The Morgan fingerprint density at radius 1 is 1.44 bits per heavy atom. The maximum atomic E-state index is 13.2. The van der Waals surface area contributed by atoms with Gasteiger partial charge in [0.25, 0.3) is 5.92 Å². The van der Waals surface area contributed by atoms with Gasteiger partial charge in [-0.15, -0.1) is 0 Å². The van der Waals surface area contributed by atoms with Crippen molar-refractivity contribution in [3.63, 3.8) is 0 Å². The molecule has 6 heteroatoms. The van der Waals surface area contributed by atoms with Gasteiger partial charge in [-0.3, -0.25) is 4.79 Å². The van der Waals surface area contributed by atoms with Crippen LogP contribution in [0.2, 0.25) is 5.02 Å². The molecule has 0 aliphatic heterocycles. The van der Waals surface area contributed by atoms with Crippen molar-refractivity contribution in [3.8, 4) is 5.75 Å². The molecule has 86 valence electrons. The van der Waals surface area contributed by atoms with Crippen LogP contribution in [-0.2, 0) is 10.2 Å². The first-order valence-electron chi connectivity index (χ1n) is 4.41. The van der Waals surface area contributed by atoms with E-state index >= 15 is 0 Å². The molecule has 1 fully saturated rings. The van der Waals surface area contributed by atoms with Gasteiger partial charge in [0.05, 0.1) is 0 Å². The number of phenols is 1. The van der Waals surface area contributed by atoms with Crippen LogP contribution in [0.15, 0.2) is 18.2 Å². The normalized spacial score (nSPS) is 26.4. The van der Waals surface area contributed by atoms with E-state index in [9.17, 15) is 13.6 Å². The summed E-state index contributed by atoms with van der Waals surface area (Å²) in [5, 5.41) is 17.8. The number of carbonyl (C=O) groups is 1. The molecule has 1 aliphatic rings. The van der Waals surface area contributed by atoms with Crippen LogP contribution in [0.4, 0.5) is 8.78 Å². The zero-order valence-electron chi connectivity index (χ0n) is 7.88. The maximum Gasteiger partial charge on any atom is 0.320 e. The fourth-order valence-corrected chi connectivity index (χ4v) is 2.11. The summed E-state index contributed by atoms with van der Waals surface area (Å²) in [6.45, 7) is 0. The van der Waals surface area contributed by atoms with Gasteiger partial charge in [-0.05, 0) is 17.7 Å². The Balaban J connectivity index is 2.56. The van der Waals surface area contributed by atoms with Gasteiger partial charge >= 0.3 is 5.97 Å². The molecule has 2 rings (SSSR count). The summed E-state index contributed by atoms with van der Waals surface area (Å²) in [6.07, 6.45) is -0.764. The fraction of sp³-hybridized carbons (Fsp3) is 0.300. The maximum absolute atomic E-state index is 13.2. The lowest BCUT2D eigenvalue weighted by Gasteiger charge is -2.13. The van der Waals surface area contributed by atoms with Crippen molar-refractivity contribution in [2.24, 2.45) is 0 Å². The van der Waals surface area contributed by atoms with Crippen molar-refractivity contribution in [3.05, 3.63) is 28.8 Å². The van der Waals surface area contributed by atoms with E-state index in [1.54, 1.807) is 0 Å². The Morgan fingerprint density at radius 2 is 2.00 bits per heavy atom. The fourth-order valence-electron chi connectivity index (χ4n) is 1.78. The molecular formula is C10H7ClF2O3. The number of halogens is 3. The SMILES string of the molecule is O=C(O)C1(c2ccc(O)cc2Cl)CC1(F)F. The number of alkyl halides is 2. The summed E-state index contributed by atoms with van der Waals surface area (Å²) in [7, 11) is 0. The molecule has 0 amide bonds. The van der Waals surface area contributed by atoms with Gasteiger partial charge in [-0.25, -0.2) is 8.78 Å². The van der Waals surface area contributed by atoms with Gasteiger partial charge in [0.2, 0.25) is 0 Å². The highest BCUT2D eigenvalue weighted by Crippen LogP contribution is 2.63. The average molecular weight is 249 g/mol. The van der Waals surface area contributed by atoms with Crippen molar-refractivity contribution in [1.29, 1.82) is 0 Å². The molecule has 1 aromatic carbocycles. The van der Waals surface area contributed by atoms with E-state index in [4.69, 9.17) is 21.8 Å². The van der Waals surface area contributed by atoms with E-state index in [0.29, 0.717) is 0 Å². The molecule has 0 radical (unpaired) electrons. The van der Waals surface area contributed by atoms with Crippen LogP contribution in [0.5, 0.6) is 5.75 Å². The minimum atomic E-state index is -3.29. The van der Waals surface area contributed by atoms with E-state index in [0.717, 1.165) is 18.2 Å². The Labute approximate surface area is 94.3 Å². The highest BCUT2D eigenvalue weighted by atomic mass is 35.5. The molecule has 3 nitrogen and oxygen atoms in total. The Hall–Kier alpha value is -1.36. The topological polar surface area (TPSA) is 57.5 Å². The number of aromatic hydroxyl groups is 1. The van der Waals surface area contributed by atoms with E-state index < -0.39 is 23.7 Å². The van der Waals surface area contributed by atoms with Gasteiger partial charge in [0, 0.05) is 11.4 Å². The van der Waals surface area contributed by atoms with Crippen LogP contribution in [0.1, 0.15) is 12.0 Å². The first kappa shape index (κ1) is 11.1. The summed E-state index contributed by atoms with van der Waals surface area (Å²) < 4.78 is 26.3. The lowest BCUT2D eigenvalue weighted by Crippen LogP contribution is -2.27. The summed E-state index contributed by atoms with van der Waals surface area (Å²) in [4.78, 5) is 10.9. The largest absolute Gasteiger partial charge is 0.508 e. The van der Waals surface area contributed by atoms with Crippen molar-refractivity contribution >= 4 is 17.6 Å². The Bertz CT molecular complexity index is 475. The lowest BCUT2D eigenvalue weighted by atomic mass is 9.95. The second kappa shape index (κ2) is 3.07. The van der Waals surface area contributed by atoms with Crippen LogP contribution in [-0.4, -0.2) is 22.1 Å². The van der Waals surface area contributed by atoms with E-state index in [-0.39, 0.29) is 16.3 Å². The van der Waals surface area contributed by atoms with Crippen LogP contribution in [0, 0.1) is 0 Å². The van der Waals surface area contributed by atoms with Crippen LogP contribution in [0.25, 0.3) is 0 Å². The molecule has 1 unspecified atom stereocenters. The third-order valence-electron chi connectivity index (χ3n) is 2.76. The predicted molar refractivity (Wildman–Crippen MR) is 52.0 cm³/mol. The number of rotatable bonds is 2. The van der Waals surface area contributed by atoms with Crippen LogP contribution >= 0.6 is 11.6 Å². The zero-order chi connectivity index (χ0) is 12.1. The van der Waals surface area contributed by atoms with Crippen LogP contribution in [0.3, 0.4) is 0 Å². The van der Waals surface area contributed by atoms with E-state index in [1.807, 2.05) is 0 Å². The molecule has 1 atom stereocenters. The molecule has 0 bridgehead atoms. The van der Waals surface area contributed by atoms with Crippen molar-refractivity contribution in [2.45, 2.75) is 17.8 Å². The number of aliphatic carboxylic acids is 1. The Kier molecular flexibility index (Phi) is 2.14. The molecule has 1 saturated carbocycles. The Morgan fingerprint density at radius 3 is 2.38 bits per heavy atom. The average Bonchev–Trinajstić information content (AvgIpc) is 2.70. The number of phenolic OH excluding ortho intramolecular Hbond substituents is 1. The number of hydrogen-bond acceptors (Lipinski definition) is 2. The molecule has 0 saturated heterocycles. The highest BCUT2D eigenvalue weighted by Gasteiger charge is 2.77. The van der Waals surface area contributed by atoms with E-state index in [2.05, 4.69) is 0 Å². The highest BCUT2D eigenvalue weighted by molar-refractivity contribution is 6.32.